The van der Waals surface area contributed by atoms with Crippen LogP contribution in [0.4, 0.5) is 13.2 Å². The smallest absolute Gasteiger partial charge is 0.275 e. The maximum atomic E-state index is 13.3. The third-order valence-electron chi connectivity index (χ3n) is 3.26. The van der Waals surface area contributed by atoms with Crippen LogP contribution in [0.3, 0.4) is 0 Å². The van der Waals surface area contributed by atoms with Gasteiger partial charge in [0.15, 0.2) is 11.3 Å². The highest BCUT2D eigenvalue weighted by atomic mass is 35.5. The molecule has 0 aliphatic heterocycles. The molecule has 3 heterocycles. The zero-order valence-corrected chi connectivity index (χ0v) is 12.6. The van der Waals surface area contributed by atoms with Crippen LogP contribution in [-0.4, -0.2) is 29.6 Å². The summed E-state index contributed by atoms with van der Waals surface area (Å²) in [5.41, 5.74) is -0.524. The SMILES string of the molecule is Cc1nn(C)cc1-c1cc(C(F)(F)F)n2ncc(C(=O)Cl)c2n1. The lowest BCUT2D eigenvalue weighted by Gasteiger charge is -2.10. The van der Waals surface area contributed by atoms with E-state index in [1.165, 1.54) is 4.68 Å². The van der Waals surface area contributed by atoms with Crippen LogP contribution in [0.15, 0.2) is 18.5 Å². The van der Waals surface area contributed by atoms with Gasteiger partial charge < -0.3 is 0 Å². The van der Waals surface area contributed by atoms with Crippen molar-refractivity contribution >= 4 is 22.5 Å². The highest BCUT2D eigenvalue weighted by Crippen LogP contribution is 2.33. The number of rotatable bonds is 2. The summed E-state index contributed by atoms with van der Waals surface area (Å²) in [5.74, 6) is 0. The summed E-state index contributed by atoms with van der Waals surface area (Å²) in [7, 11) is 1.65. The van der Waals surface area contributed by atoms with Crippen LogP contribution in [0.5, 0.6) is 0 Å². The molecule has 0 spiro atoms. The molecule has 6 nitrogen and oxygen atoms in total. The monoisotopic (exact) mass is 343 g/mol. The Bertz CT molecular complexity index is 928. The molecule has 0 bridgehead atoms. The van der Waals surface area contributed by atoms with E-state index in [1.807, 2.05) is 0 Å². The second kappa shape index (κ2) is 5.05. The van der Waals surface area contributed by atoms with Crippen molar-refractivity contribution in [3.8, 4) is 11.3 Å². The van der Waals surface area contributed by atoms with Crippen molar-refractivity contribution in [1.29, 1.82) is 0 Å². The predicted octanol–water partition coefficient (Wildman–Crippen LogP) is 2.84. The van der Waals surface area contributed by atoms with E-state index in [0.717, 1.165) is 12.3 Å². The maximum absolute atomic E-state index is 13.3. The van der Waals surface area contributed by atoms with Crippen molar-refractivity contribution in [3.63, 3.8) is 0 Å². The molecule has 0 saturated carbocycles. The van der Waals surface area contributed by atoms with Crippen molar-refractivity contribution in [2.45, 2.75) is 13.1 Å². The van der Waals surface area contributed by atoms with Crippen LogP contribution in [0.2, 0.25) is 0 Å². The van der Waals surface area contributed by atoms with Gasteiger partial charge in [0.1, 0.15) is 0 Å². The van der Waals surface area contributed by atoms with Crippen LogP contribution in [0.1, 0.15) is 21.7 Å². The average molecular weight is 344 g/mol. The van der Waals surface area contributed by atoms with Gasteiger partial charge in [-0.2, -0.15) is 23.4 Å². The molecular weight excluding hydrogens is 335 g/mol. The van der Waals surface area contributed by atoms with Crippen LogP contribution >= 0.6 is 11.6 Å². The largest absolute Gasteiger partial charge is 0.433 e. The summed E-state index contributed by atoms with van der Waals surface area (Å²) >= 11 is 5.39. The fourth-order valence-corrected chi connectivity index (χ4v) is 2.43. The number of aryl methyl sites for hydroxylation is 2. The van der Waals surface area contributed by atoms with E-state index in [4.69, 9.17) is 11.6 Å². The van der Waals surface area contributed by atoms with Crippen molar-refractivity contribution in [2.75, 3.05) is 0 Å². The first-order valence-electron chi connectivity index (χ1n) is 6.35. The van der Waals surface area contributed by atoms with Crippen molar-refractivity contribution in [2.24, 2.45) is 7.05 Å². The number of fused-ring (bicyclic) bond motifs is 1. The summed E-state index contributed by atoms with van der Waals surface area (Å²) < 4.78 is 41.9. The van der Waals surface area contributed by atoms with Crippen LogP contribution < -0.4 is 0 Å². The minimum absolute atomic E-state index is 0.0371. The van der Waals surface area contributed by atoms with Crippen molar-refractivity contribution in [3.05, 3.63) is 35.4 Å². The third-order valence-corrected chi connectivity index (χ3v) is 3.47. The van der Waals surface area contributed by atoms with E-state index in [2.05, 4.69) is 15.2 Å². The predicted molar refractivity (Wildman–Crippen MR) is 75.1 cm³/mol. The minimum Gasteiger partial charge on any atom is -0.275 e. The van der Waals surface area contributed by atoms with Crippen LogP contribution in [0.25, 0.3) is 16.9 Å². The first-order valence-corrected chi connectivity index (χ1v) is 6.72. The Morgan fingerprint density at radius 2 is 2.04 bits per heavy atom. The topological polar surface area (TPSA) is 65.1 Å². The molecule has 0 saturated heterocycles. The number of carbonyl (C=O) groups is 1. The number of hydrogen-bond donors (Lipinski definition) is 0. The van der Waals surface area contributed by atoms with E-state index >= 15 is 0 Å². The normalized spacial score (nSPS) is 12.1. The molecular formula is C13H9ClF3N5O. The van der Waals surface area contributed by atoms with Crippen molar-refractivity contribution < 1.29 is 18.0 Å². The summed E-state index contributed by atoms with van der Waals surface area (Å²) in [6.07, 6.45) is -2.16. The molecule has 3 rings (SSSR count). The second-order valence-electron chi connectivity index (χ2n) is 4.89. The van der Waals surface area contributed by atoms with Gasteiger partial charge in [-0.3, -0.25) is 9.48 Å². The quantitative estimate of drug-likeness (QED) is 0.671. The molecule has 0 N–H and O–H groups in total. The van der Waals surface area contributed by atoms with E-state index < -0.39 is 17.1 Å². The molecule has 3 aromatic rings. The van der Waals surface area contributed by atoms with Gasteiger partial charge in [0.25, 0.3) is 5.24 Å². The minimum atomic E-state index is -4.68. The van der Waals surface area contributed by atoms with Crippen LogP contribution in [0, 0.1) is 6.92 Å². The number of nitrogens with zero attached hydrogens (tertiary/aromatic N) is 5. The Labute approximate surface area is 132 Å². The average Bonchev–Trinajstić information content (AvgIpc) is 2.99. The lowest BCUT2D eigenvalue weighted by molar-refractivity contribution is -0.142. The first kappa shape index (κ1) is 15.5. The zero-order valence-electron chi connectivity index (χ0n) is 11.9. The fourth-order valence-electron chi connectivity index (χ4n) is 2.29. The van der Waals surface area contributed by atoms with Gasteiger partial charge >= 0.3 is 6.18 Å². The first-order chi connectivity index (χ1) is 10.7. The van der Waals surface area contributed by atoms with Gasteiger partial charge in [-0.15, -0.1) is 0 Å². The number of halogens is 4. The van der Waals surface area contributed by atoms with Gasteiger partial charge in [0.2, 0.25) is 0 Å². The second-order valence-corrected chi connectivity index (χ2v) is 5.24. The molecule has 0 atom stereocenters. The highest BCUT2D eigenvalue weighted by molar-refractivity contribution is 6.68. The van der Waals surface area contributed by atoms with E-state index in [1.54, 1.807) is 20.2 Å². The lowest BCUT2D eigenvalue weighted by Crippen LogP contribution is -2.14. The molecule has 0 radical (unpaired) electrons. The van der Waals surface area contributed by atoms with E-state index in [9.17, 15) is 18.0 Å². The molecule has 23 heavy (non-hydrogen) atoms. The molecule has 120 valence electrons. The standard InChI is InChI=1S/C13H9ClF3N5O/c1-6-8(5-21(2)20-6)9-3-10(13(15,16)17)22-12(19-9)7(4-18-22)11(14)23/h3-5H,1-2H3. The molecule has 3 aromatic heterocycles. The van der Waals surface area contributed by atoms with Crippen molar-refractivity contribution in [1.82, 2.24) is 24.4 Å². The summed E-state index contributed by atoms with van der Waals surface area (Å²) in [6.45, 7) is 1.65. The summed E-state index contributed by atoms with van der Waals surface area (Å²) in [6, 6.07) is 0.868. The molecule has 0 amide bonds. The Morgan fingerprint density at radius 3 is 2.57 bits per heavy atom. The van der Waals surface area contributed by atoms with Gasteiger partial charge in [-0.25, -0.2) is 9.50 Å². The van der Waals surface area contributed by atoms with Gasteiger partial charge in [0, 0.05) is 18.8 Å². The molecule has 10 heteroatoms. The number of hydrogen-bond acceptors (Lipinski definition) is 4. The lowest BCUT2D eigenvalue weighted by atomic mass is 10.1. The number of alkyl halides is 3. The fraction of sp³-hybridized carbons (Fsp3) is 0.231. The van der Waals surface area contributed by atoms with Gasteiger partial charge in [0.05, 0.1) is 23.1 Å². The number of aromatic nitrogens is 5. The van der Waals surface area contributed by atoms with Crippen LogP contribution in [-0.2, 0) is 13.2 Å². The Hall–Kier alpha value is -2.42. The van der Waals surface area contributed by atoms with E-state index in [-0.39, 0.29) is 16.9 Å². The molecule has 0 aliphatic carbocycles. The van der Waals surface area contributed by atoms with Gasteiger partial charge in [-0.05, 0) is 24.6 Å². The molecule has 0 aromatic carbocycles. The molecule has 0 aliphatic rings. The molecule has 0 fully saturated rings. The Morgan fingerprint density at radius 1 is 1.35 bits per heavy atom. The highest BCUT2D eigenvalue weighted by Gasteiger charge is 2.36. The Balaban J connectivity index is 2.38. The summed E-state index contributed by atoms with van der Waals surface area (Å²) in [4.78, 5) is 15.5. The van der Waals surface area contributed by atoms with E-state index in [0.29, 0.717) is 15.8 Å². The summed E-state index contributed by atoms with van der Waals surface area (Å²) in [5, 5.41) is 6.73. The van der Waals surface area contributed by atoms with Gasteiger partial charge in [-0.1, -0.05) is 0 Å². The zero-order chi connectivity index (χ0) is 16.9. The maximum Gasteiger partial charge on any atom is 0.433 e. The Kier molecular flexibility index (Phi) is 3.40. The number of carbonyl (C=O) groups excluding carboxylic acids is 1. The molecule has 0 unspecified atom stereocenters. The third kappa shape index (κ3) is 2.56.